The molecule has 4 rings (SSSR count). The van der Waals surface area contributed by atoms with Gasteiger partial charge in [-0.25, -0.2) is 14.2 Å². The molecule has 190 valence electrons. The molecule has 0 saturated heterocycles. The number of hydrogen-bond acceptors (Lipinski definition) is 6. The summed E-state index contributed by atoms with van der Waals surface area (Å²) in [5.41, 5.74) is 1.38. The van der Waals surface area contributed by atoms with Crippen molar-refractivity contribution in [3.8, 4) is 17.0 Å². The van der Waals surface area contributed by atoms with E-state index in [2.05, 4.69) is 40.1 Å². The maximum absolute atomic E-state index is 13.2. The van der Waals surface area contributed by atoms with E-state index in [1.54, 1.807) is 18.5 Å². The Labute approximate surface area is 212 Å². The highest BCUT2D eigenvalue weighted by atomic mass is 35.5. The molecule has 0 saturated carbocycles. The quantitative estimate of drug-likeness (QED) is 0.216. The molecule has 3 aromatic heterocycles. The van der Waals surface area contributed by atoms with E-state index in [0.717, 1.165) is 6.04 Å². The number of fused-ring (bicyclic) bond motifs is 1. The van der Waals surface area contributed by atoms with Gasteiger partial charge in [-0.2, -0.15) is 19.0 Å². The number of amides is 1. The van der Waals surface area contributed by atoms with Crippen LogP contribution in [0, 0.1) is 0 Å². The highest BCUT2D eigenvalue weighted by Gasteiger charge is 2.23. The second-order valence-corrected chi connectivity index (χ2v) is 15.2. The number of rotatable bonds is 10. The van der Waals surface area contributed by atoms with Crippen LogP contribution < -0.4 is 10.1 Å². The number of alkyl halides is 2. The van der Waals surface area contributed by atoms with Crippen molar-refractivity contribution >= 4 is 36.9 Å². The summed E-state index contributed by atoms with van der Waals surface area (Å²) in [6.45, 7) is 4.20. The van der Waals surface area contributed by atoms with Gasteiger partial charge in [-0.15, -0.1) is 0 Å². The molecule has 4 aromatic rings. The summed E-state index contributed by atoms with van der Waals surface area (Å²) in [4.78, 5) is 17.3. The predicted octanol–water partition coefficient (Wildman–Crippen LogP) is 5.41. The average Bonchev–Trinajstić information content (AvgIpc) is 3.41. The van der Waals surface area contributed by atoms with Crippen LogP contribution in [0.15, 0.2) is 49.1 Å². The first-order valence-electron chi connectivity index (χ1n) is 11.1. The van der Waals surface area contributed by atoms with Crippen molar-refractivity contribution in [2.24, 2.45) is 0 Å². The monoisotopic (exact) mass is 534 g/mol. The van der Waals surface area contributed by atoms with Gasteiger partial charge in [0.1, 0.15) is 18.0 Å². The Morgan fingerprint density at radius 2 is 2.03 bits per heavy atom. The van der Waals surface area contributed by atoms with Gasteiger partial charge in [0.25, 0.3) is 5.91 Å². The first-order valence-corrected chi connectivity index (χ1v) is 15.2. The number of hydrogen-bond donors (Lipinski definition) is 1. The lowest BCUT2D eigenvalue weighted by atomic mass is 10.1. The van der Waals surface area contributed by atoms with E-state index in [0.29, 0.717) is 23.0 Å². The zero-order valence-electron chi connectivity index (χ0n) is 19.9. The zero-order chi connectivity index (χ0) is 25.9. The van der Waals surface area contributed by atoms with Crippen molar-refractivity contribution in [1.29, 1.82) is 0 Å². The Morgan fingerprint density at radius 3 is 2.78 bits per heavy atom. The molecule has 0 radical (unpaired) electrons. The minimum absolute atomic E-state index is 0.0363. The highest BCUT2D eigenvalue weighted by molar-refractivity contribution is 6.76. The molecule has 0 aliphatic carbocycles. The molecule has 1 N–H and O–H groups in total. The molecule has 9 nitrogen and oxygen atoms in total. The molecular formula is C23H25ClF2N6O3Si. The summed E-state index contributed by atoms with van der Waals surface area (Å²) in [5, 5.41) is 11.6. The minimum Gasteiger partial charge on any atom is -0.434 e. The van der Waals surface area contributed by atoms with Crippen LogP contribution in [0.25, 0.3) is 16.9 Å². The summed E-state index contributed by atoms with van der Waals surface area (Å²) in [6.07, 6.45) is 6.03. The van der Waals surface area contributed by atoms with Crippen LogP contribution >= 0.6 is 11.6 Å². The fraction of sp³-hybridized carbons (Fsp3) is 0.304. The number of aromatic nitrogens is 5. The Hall–Kier alpha value is -3.35. The fourth-order valence-electron chi connectivity index (χ4n) is 3.45. The van der Waals surface area contributed by atoms with Crippen molar-refractivity contribution in [3.63, 3.8) is 0 Å². The van der Waals surface area contributed by atoms with Gasteiger partial charge in [0.2, 0.25) is 0 Å². The predicted molar refractivity (Wildman–Crippen MR) is 134 cm³/mol. The summed E-state index contributed by atoms with van der Waals surface area (Å²) in [6, 6.07) is 6.88. The fourth-order valence-corrected chi connectivity index (χ4v) is 4.38. The van der Waals surface area contributed by atoms with E-state index < -0.39 is 20.6 Å². The molecule has 13 heteroatoms. The second kappa shape index (κ2) is 10.7. The van der Waals surface area contributed by atoms with Crippen LogP contribution in [0.3, 0.4) is 0 Å². The number of carbonyl (C=O) groups excluding carboxylic acids is 1. The van der Waals surface area contributed by atoms with Crippen LogP contribution in [0.1, 0.15) is 10.4 Å². The van der Waals surface area contributed by atoms with Gasteiger partial charge in [-0.05, 0) is 30.3 Å². The Balaban J connectivity index is 1.70. The van der Waals surface area contributed by atoms with Crippen molar-refractivity contribution in [3.05, 3.63) is 59.6 Å². The van der Waals surface area contributed by atoms with Crippen LogP contribution in [0.4, 0.5) is 14.5 Å². The number of carbonyl (C=O) groups is 1. The highest BCUT2D eigenvalue weighted by Crippen LogP contribution is 2.38. The molecule has 0 bridgehead atoms. The molecule has 0 unspecified atom stereocenters. The smallest absolute Gasteiger partial charge is 0.387 e. The van der Waals surface area contributed by atoms with E-state index >= 15 is 0 Å². The van der Waals surface area contributed by atoms with Gasteiger partial charge in [-0.3, -0.25) is 4.79 Å². The Kier molecular flexibility index (Phi) is 7.67. The summed E-state index contributed by atoms with van der Waals surface area (Å²) < 4.78 is 39.8. The average molecular weight is 535 g/mol. The third kappa shape index (κ3) is 6.06. The van der Waals surface area contributed by atoms with Gasteiger partial charge >= 0.3 is 6.61 Å². The number of anilines is 1. The number of halogens is 3. The van der Waals surface area contributed by atoms with Gasteiger partial charge in [0.15, 0.2) is 5.65 Å². The molecule has 36 heavy (non-hydrogen) atoms. The molecule has 0 aliphatic heterocycles. The molecule has 1 amide bonds. The van der Waals surface area contributed by atoms with Crippen LogP contribution in [-0.2, 0) is 11.5 Å². The summed E-state index contributed by atoms with van der Waals surface area (Å²) in [7, 11) is -1.32. The first kappa shape index (κ1) is 25.7. The van der Waals surface area contributed by atoms with E-state index in [1.165, 1.54) is 39.8 Å². The minimum atomic E-state index is -3.06. The van der Waals surface area contributed by atoms with E-state index in [1.807, 2.05) is 0 Å². The SMILES string of the molecule is C[Si](C)(C)CCOCn1ncc(NC(=O)c2cnn3cccnc23)c1-c1cc(Cl)ccc1OC(F)F. The van der Waals surface area contributed by atoms with E-state index in [9.17, 15) is 13.6 Å². The van der Waals surface area contributed by atoms with Crippen molar-refractivity contribution in [1.82, 2.24) is 24.4 Å². The molecule has 0 atom stereocenters. The third-order valence-electron chi connectivity index (χ3n) is 5.23. The molecule has 0 aliphatic rings. The lowest BCUT2D eigenvalue weighted by Gasteiger charge is -2.17. The molecule has 3 heterocycles. The number of benzene rings is 1. The third-order valence-corrected chi connectivity index (χ3v) is 7.17. The van der Waals surface area contributed by atoms with Gasteiger partial charge in [-0.1, -0.05) is 31.2 Å². The van der Waals surface area contributed by atoms with Gasteiger partial charge < -0.3 is 14.8 Å². The molecule has 0 spiro atoms. The lowest BCUT2D eigenvalue weighted by Crippen LogP contribution is -2.22. The maximum Gasteiger partial charge on any atom is 0.387 e. The number of nitrogens with zero attached hydrogens (tertiary/aromatic N) is 5. The normalized spacial score (nSPS) is 11.9. The molecular weight excluding hydrogens is 510 g/mol. The second-order valence-electron chi connectivity index (χ2n) is 9.17. The van der Waals surface area contributed by atoms with Crippen molar-refractivity contribution in [2.45, 2.75) is 39.0 Å². The summed E-state index contributed by atoms with van der Waals surface area (Å²) in [5.74, 6) is -0.617. The first-order chi connectivity index (χ1) is 17.1. The maximum atomic E-state index is 13.2. The van der Waals surface area contributed by atoms with Crippen molar-refractivity contribution in [2.75, 3.05) is 11.9 Å². The topological polar surface area (TPSA) is 95.6 Å². The lowest BCUT2D eigenvalue weighted by molar-refractivity contribution is -0.0495. The standard InChI is InChI=1S/C23H25ClF2N6O3Si/c1-36(2,3)10-9-34-14-32-20(16-11-15(24)5-6-19(16)35-23(25)26)18(13-29-32)30-22(33)17-12-28-31-8-4-7-27-21(17)31/h4-8,11-13,23H,9-10,14H2,1-3H3,(H,30,33). The zero-order valence-corrected chi connectivity index (χ0v) is 21.7. The number of nitrogens with one attached hydrogen (secondary N) is 1. The number of ether oxygens (including phenoxy) is 2. The summed E-state index contributed by atoms with van der Waals surface area (Å²) >= 11 is 6.20. The van der Waals surface area contributed by atoms with Crippen molar-refractivity contribution < 1.29 is 23.0 Å². The van der Waals surface area contributed by atoms with Gasteiger partial charge in [0, 0.05) is 37.7 Å². The van der Waals surface area contributed by atoms with Crippen LogP contribution in [0.5, 0.6) is 5.75 Å². The largest absolute Gasteiger partial charge is 0.434 e. The molecule has 1 aromatic carbocycles. The van der Waals surface area contributed by atoms with E-state index in [-0.39, 0.29) is 29.3 Å². The van der Waals surface area contributed by atoms with Crippen LogP contribution in [0.2, 0.25) is 30.7 Å². The molecule has 0 fully saturated rings. The van der Waals surface area contributed by atoms with Gasteiger partial charge in [0.05, 0.1) is 23.8 Å². The Morgan fingerprint density at radius 1 is 1.22 bits per heavy atom. The Bertz CT molecular complexity index is 1370. The van der Waals surface area contributed by atoms with Crippen LogP contribution in [-0.4, -0.2) is 51.6 Å². The van der Waals surface area contributed by atoms with E-state index in [4.69, 9.17) is 21.1 Å².